The number of thiophene rings is 1. The van der Waals surface area contributed by atoms with Crippen LogP contribution in [0.4, 0.5) is 0 Å². The average Bonchev–Trinajstić information content (AvgIpc) is 2.75. The summed E-state index contributed by atoms with van der Waals surface area (Å²) in [6, 6.07) is 2.11. The van der Waals surface area contributed by atoms with Crippen LogP contribution in [0.25, 0.3) is 11.3 Å². The first-order valence-corrected chi connectivity index (χ1v) is 5.83. The van der Waals surface area contributed by atoms with Crippen LogP contribution in [0.2, 0.25) is 0 Å². The van der Waals surface area contributed by atoms with E-state index < -0.39 is 0 Å². The number of aromatic nitrogens is 1. The lowest BCUT2D eigenvalue weighted by atomic mass is 10.3. The van der Waals surface area contributed by atoms with E-state index in [1.165, 1.54) is 5.56 Å². The maximum atomic E-state index is 5.73. The Kier molecular flexibility index (Phi) is 2.44. The Morgan fingerprint density at radius 3 is 2.85 bits per heavy atom. The van der Waals surface area contributed by atoms with Crippen molar-refractivity contribution in [2.24, 2.45) is 5.73 Å². The molecule has 0 amide bonds. The summed E-state index contributed by atoms with van der Waals surface area (Å²) in [5.41, 5.74) is 7.96. The molecule has 0 spiro atoms. The summed E-state index contributed by atoms with van der Waals surface area (Å²) in [5.74, 6) is 0. The Bertz CT molecular complexity index is 376. The maximum Gasteiger partial charge on any atom is 0.110 e. The number of hydrogen-bond donors (Lipinski definition) is 1. The molecular formula is C9H10N2S2. The summed E-state index contributed by atoms with van der Waals surface area (Å²) >= 11 is 3.31. The van der Waals surface area contributed by atoms with Crippen molar-refractivity contribution in [3.05, 3.63) is 27.2 Å². The van der Waals surface area contributed by atoms with Gasteiger partial charge in [0.25, 0.3) is 0 Å². The molecule has 0 fully saturated rings. The van der Waals surface area contributed by atoms with E-state index in [0.717, 1.165) is 10.7 Å². The highest BCUT2D eigenvalue weighted by Gasteiger charge is 2.07. The Morgan fingerprint density at radius 1 is 1.46 bits per heavy atom. The van der Waals surface area contributed by atoms with Crippen LogP contribution >= 0.6 is 22.7 Å². The van der Waals surface area contributed by atoms with Crippen LogP contribution in [0.15, 0.2) is 22.2 Å². The third-order valence-electron chi connectivity index (χ3n) is 1.73. The lowest BCUT2D eigenvalue weighted by molar-refractivity contribution is 0.808. The van der Waals surface area contributed by atoms with Gasteiger partial charge < -0.3 is 5.73 Å². The van der Waals surface area contributed by atoms with Crippen LogP contribution in [0.3, 0.4) is 0 Å². The van der Waals surface area contributed by atoms with Gasteiger partial charge in [-0.2, -0.15) is 11.3 Å². The third-order valence-corrected chi connectivity index (χ3v) is 3.46. The molecule has 4 heteroatoms. The minimum absolute atomic E-state index is 0.0392. The number of hydrogen-bond acceptors (Lipinski definition) is 4. The smallest absolute Gasteiger partial charge is 0.110 e. The van der Waals surface area contributed by atoms with Crippen molar-refractivity contribution < 1.29 is 0 Å². The molecule has 0 aliphatic heterocycles. The van der Waals surface area contributed by atoms with E-state index >= 15 is 0 Å². The molecule has 0 radical (unpaired) electrons. The number of nitrogens with zero attached hydrogens (tertiary/aromatic N) is 1. The fraction of sp³-hybridized carbons (Fsp3) is 0.222. The predicted molar refractivity (Wildman–Crippen MR) is 58.0 cm³/mol. The van der Waals surface area contributed by atoms with Crippen LogP contribution in [0.1, 0.15) is 18.0 Å². The molecular weight excluding hydrogens is 200 g/mol. The van der Waals surface area contributed by atoms with Gasteiger partial charge in [0.1, 0.15) is 5.01 Å². The summed E-state index contributed by atoms with van der Waals surface area (Å²) in [6.45, 7) is 1.95. The standard InChI is InChI=1S/C9H10N2S2/c1-6(10)9-11-8(5-13-9)7-2-3-12-4-7/h2-6H,10H2,1H3. The molecule has 68 valence electrons. The van der Waals surface area contributed by atoms with Gasteiger partial charge in [-0.05, 0) is 18.4 Å². The highest BCUT2D eigenvalue weighted by atomic mass is 32.1. The van der Waals surface area contributed by atoms with E-state index in [9.17, 15) is 0 Å². The van der Waals surface area contributed by atoms with Gasteiger partial charge in [0.2, 0.25) is 0 Å². The lowest BCUT2D eigenvalue weighted by Gasteiger charge is -1.96. The molecule has 0 aliphatic carbocycles. The molecule has 0 saturated carbocycles. The molecule has 2 rings (SSSR count). The third kappa shape index (κ3) is 1.80. The second-order valence-electron chi connectivity index (χ2n) is 2.87. The van der Waals surface area contributed by atoms with E-state index in [0.29, 0.717) is 0 Å². The minimum atomic E-state index is 0.0392. The molecule has 2 N–H and O–H groups in total. The van der Waals surface area contributed by atoms with Gasteiger partial charge in [0, 0.05) is 16.3 Å². The average molecular weight is 210 g/mol. The van der Waals surface area contributed by atoms with Crippen molar-refractivity contribution in [2.75, 3.05) is 0 Å². The van der Waals surface area contributed by atoms with Gasteiger partial charge in [-0.25, -0.2) is 4.98 Å². The summed E-state index contributed by atoms with van der Waals surface area (Å²) in [7, 11) is 0. The molecule has 0 bridgehead atoms. The van der Waals surface area contributed by atoms with Crippen LogP contribution < -0.4 is 5.73 Å². The van der Waals surface area contributed by atoms with Crippen molar-refractivity contribution in [1.82, 2.24) is 4.98 Å². The van der Waals surface area contributed by atoms with Gasteiger partial charge in [0.15, 0.2) is 0 Å². The van der Waals surface area contributed by atoms with E-state index in [1.54, 1.807) is 22.7 Å². The molecule has 0 saturated heterocycles. The number of nitrogens with two attached hydrogens (primary N) is 1. The van der Waals surface area contributed by atoms with Crippen LogP contribution in [-0.2, 0) is 0 Å². The monoisotopic (exact) mass is 210 g/mol. The van der Waals surface area contributed by atoms with Crippen molar-refractivity contribution in [3.63, 3.8) is 0 Å². The maximum absolute atomic E-state index is 5.73. The molecule has 0 aliphatic rings. The minimum Gasteiger partial charge on any atom is -0.322 e. The first-order chi connectivity index (χ1) is 6.27. The van der Waals surface area contributed by atoms with Gasteiger partial charge in [0.05, 0.1) is 11.7 Å². The summed E-state index contributed by atoms with van der Waals surface area (Å²) in [4.78, 5) is 4.45. The van der Waals surface area contributed by atoms with E-state index in [4.69, 9.17) is 5.73 Å². The summed E-state index contributed by atoms with van der Waals surface area (Å²) in [5, 5.41) is 7.21. The molecule has 1 unspecified atom stereocenters. The quantitative estimate of drug-likeness (QED) is 0.827. The predicted octanol–water partition coefficient (Wildman–Crippen LogP) is 2.89. The molecule has 2 aromatic heterocycles. The molecule has 1 atom stereocenters. The lowest BCUT2D eigenvalue weighted by Crippen LogP contribution is -2.03. The highest BCUT2D eigenvalue weighted by Crippen LogP contribution is 2.25. The van der Waals surface area contributed by atoms with Gasteiger partial charge in [-0.3, -0.25) is 0 Å². The molecule has 2 heterocycles. The second kappa shape index (κ2) is 3.57. The Morgan fingerprint density at radius 2 is 2.31 bits per heavy atom. The Balaban J connectivity index is 2.33. The number of thiazole rings is 1. The van der Waals surface area contributed by atoms with E-state index in [2.05, 4.69) is 27.2 Å². The van der Waals surface area contributed by atoms with E-state index in [-0.39, 0.29) is 6.04 Å². The van der Waals surface area contributed by atoms with E-state index in [1.807, 2.05) is 6.92 Å². The normalized spacial score (nSPS) is 13.1. The first-order valence-electron chi connectivity index (χ1n) is 4.01. The van der Waals surface area contributed by atoms with Crippen molar-refractivity contribution in [1.29, 1.82) is 0 Å². The zero-order valence-corrected chi connectivity index (χ0v) is 8.86. The van der Waals surface area contributed by atoms with Gasteiger partial charge in [-0.1, -0.05) is 0 Å². The fourth-order valence-corrected chi connectivity index (χ4v) is 2.48. The van der Waals surface area contributed by atoms with Crippen LogP contribution in [0.5, 0.6) is 0 Å². The molecule has 0 aromatic carbocycles. The van der Waals surface area contributed by atoms with Crippen molar-refractivity contribution in [3.8, 4) is 11.3 Å². The fourth-order valence-electron chi connectivity index (χ4n) is 1.04. The summed E-state index contributed by atoms with van der Waals surface area (Å²) < 4.78 is 0. The molecule has 2 nitrogen and oxygen atoms in total. The first kappa shape index (κ1) is 8.87. The largest absolute Gasteiger partial charge is 0.322 e. The molecule has 2 aromatic rings. The highest BCUT2D eigenvalue weighted by molar-refractivity contribution is 7.10. The van der Waals surface area contributed by atoms with Crippen LogP contribution in [0, 0.1) is 0 Å². The zero-order chi connectivity index (χ0) is 9.26. The topological polar surface area (TPSA) is 38.9 Å². The second-order valence-corrected chi connectivity index (χ2v) is 4.54. The zero-order valence-electron chi connectivity index (χ0n) is 7.23. The Hall–Kier alpha value is -0.710. The van der Waals surface area contributed by atoms with Gasteiger partial charge >= 0.3 is 0 Å². The van der Waals surface area contributed by atoms with Crippen molar-refractivity contribution >= 4 is 22.7 Å². The van der Waals surface area contributed by atoms with Crippen molar-refractivity contribution in [2.45, 2.75) is 13.0 Å². The van der Waals surface area contributed by atoms with Gasteiger partial charge in [-0.15, -0.1) is 11.3 Å². The Labute approximate surface area is 85.1 Å². The van der Waals surface area contributed by atoms with Crippen LogP contribution in [-0.4, -0.2) is 4.98 Å². The SMILES string of the molecule is CC(N)c1nc(-c2ccsc2)cs1. The molecule has 13 heavy (non-hydrogen) atoms. The number of rotatable bonds is 2. The summed E-state index contributed by atoms with van der Waals surface area (Å²) in [6.07, 6.45) is 0.